The molecule has 0 bridgehead atoms. The van der Waals surface area contributed by atoms with Crippen molar-refractivity contribution >= 4 is 23.6 Å². The molecule has 0 spiro atoms. The van der Waals surface area contributed by atoms with Crippen LogP contribution >= 0.6 is 0 Å². The molecule has 0 saturated carbocycles. The summed E-state index contributed by atoms with van der Waals surface area (Å²) in [6.07, 6.45) is 0.828. The number of ether oxygens (including phenoxy) is 1. The maximum Gasteiger partial charge on any atom is 0.410 e. The van der Waals surface area contributed by atoms with E-state index in [0.717, 1.165) is 0 Å². The van der Waals surface area contributed by atoms with E-state index >= 15 is 0 Å². The van der Waals surface area contributed by atoms with Crippen LogP contribution in [0.1, 0.15) is 38.1 Å². The van der Waals surface area contributed by atoms with Crippen molar-refractivity contribution in [2.45, 2.75) is 39.3 Å². The predicted molar refractivity (Wildman–Crippen MR) is 104 cm³/mol. The monoisotopic (exact) mass is 373 g/mol. The topological polar surface area (TPSA) is 79.0 Å². The van der Waals surface area contributed by atoms with Crippen molar-refractivity contribution in [3.63, 3.8) is 0 Å². The van der Waals surface area contributed by atoms with Crippen molar-refractivity contribution in [3.05, 3.63) is 42.5 Å². The molecule has 1 N–H and O–H groups in total. The van der Waals surface area contributed by atoms with Crippen LogP contribution in [0.4, 0.5) is 10.5 Å². The SMILES string of the molecule is C=CC(=O)Nc1ccc(C(=O)N2CCN(C(=O)OC(C)(C)C)C[C@H]2C)cc1. The van der Waals surface area contributed by atoms with E-state index in [4.69, 9.17) is 4.74 Å². The maximum absolute atomic E-state index is 12.8. The highest BCUT2D eigenvalue weighted by Gasteiger charge is 2.32. The Kier molecular flexibility index (Phi) is 6.25. The number of benzene rings is 1. The third-order valence-electron chi connectivity index (χ3n) is 4.12. The molecule has 0 aromatic heterocycles. The van der Waals surface area contributed by atoms with Gasteiger partial charge in [-0.3, -0.25) is 9.59 Å². The number of anilines is 1. The van der Waals surface area contributed by atoms with Gasteiger partial charge in [0, 0.05) is 36.9 Å². The molecule has 0 unspecified atom stereocenters. The minimum absolute atomic E-state index is 0.104. The fourth-order valence-corrected chi connectivity index (χ4v) is 2.81. The molecular weight excluding hydrogens is 346 g/mol. The van der Waals surface area contributed by atoms with E-state index in [1.807, 2.05) is 27.7 Å². The minimum atomic E-state index is -0.546. The van der Waals surface area contributed by atoms with Crippen molar-refractivity contribution in [2.24, 2.45) is 0 Å². The number of carbonyl (C=O) groups excluding carboxylic acids is 3. The van der Waals surface area contributed by atoms with Gasteiger partial charge in [0.25, 0.3) is 5.91 Å². The van der Waals surface area contributed by atoms with E-state index in [2.05, 4.69) is 11.9 Å². The predicted octanol–water partition coefficient (Wildman–Crippen LogP) is 2.89. The number of hydrogen-bond acceptors (Lipinski definition) is 4. The average Bonchev–Trinajstić information content (AvgIpc) is 2.60. The van der Waals surface area contributed by atoms with Crippen LogP contribution in [0, 0.1) is 0 Å². The molecule has 1 heterocycles. The second kappa shape index (κ2) is 8.24. The average molecular weight is 373 g/mol. The van der Waals surface area contributed by atoms with E-state index in [-0.39, 0.29) is 23.9 Å². The lowest BCUT2D eigenvalue weighted by Gasteiger charge is -2.40. The van der Waals surface area contributed by atoms with Crippen LogP contribution < -0.4 is 5.32 Å². The summed E-state index contributed by atoms with van der Waals surface area (Å²) in [4.78, 5) is 39.7. The molecule has 1 aromatic carbocycles. The van der Waals surface area contributed by atoms with Gasteiger partial charge in [-0.2, -0.15) is 0 Å². The molecule has 7 heteroatoms. The van der Waals surface area contributed by atoms with E-state index in [0.29, 0.717) is 30.9 Å². The van der Waals surface area contributed by atoms with Crippen LogP contribution in [0.5, 0.6) is 0 Å². The lowest BCUT2D eigenvalue weighted by Crippen LogP contribution is -2.56. The summed E-state index contributed by atoms with van der Waals surface area (Å²) in [6.45, 7) is 12.1. The lowest BCUT2D eigenvalue weighted by atomic mass is 10.1. The van der Waals surface area contributed by atoms with Crippen molar-refractivity contribution in [2.75, 3.05) is 25.0 Å². The Hall–Kier alpha value is -2.83. The number of nitrogens with one attached hydrogen (secondary N) is 1. The first-order valence-corrected chi connectivity index (χ1v) is 8.93. The van der Waals surface area contributed by atoms with Gasteiger partial charge in [0.2, 0.25) is 5.91 Å². The van der Waals surface area contributed by atoms with Gasteiger partial charge in [0.15, 0.2) is 0 Å². The lowest BCUT2D eigenvalue weighted by molar-refractivity contribution is -0.111. The van der Waals surface area contributed by atoms with Gasteiger partial charge >= 0.3 is 6.09 Å². The van der Waals surface area contributed by atoms with Gasteiger partial charge < -0.3 is 19.9 Å². The number of nitrogens with zero attached hydrogens (tertiary/aromatic N) is 2. The molecule has 0 radical (unpaired) electrons. The van der Waals surface area contributed by atoms with Gasteiger partial charge in [0.05, 0.1) is 0 Å². The van der Waals surface area contributed by atoms with Gasteiger partial charge in [0.1, 0.15) is 5.60 Å². The Morgan fingerprint density at radius 2 is 1.81 bits per heavy atom. The van der Waals surface area contributed by atoms with Crippen LogP contribution in [0.2, 0.25) is 0 Å². The second-order valence-corrected chi connectivity index (χ2v) is 7.54. The summed E-state index contributed by atoms with van der Waals surface area (Å²) in [5, 5.41) is 2.64. The summed E-state index contributed by atoms with van der Waals surface area (Å²) < 4.78 is 5.40. The molecule has 0 aliphatic carbocycles. The fourth-order valence-electron chi connectivity index (χ4n) is 2.81. The molecular formula is C20H27N3O4. The molecule has 146 valence electrons. The van der Waals surface area contributed by atoms with E-state index in [1.165, 1.54) is 6.08 Å². The van der Waals surface area contributed by atoms with Gasteiger partial charge in [-0.1, -0.05) is 6.58 Å². The van der Waals surface area contributed by atoms with Crippen LogP contribution in [0.3, 0.4) is 0 Å². The Morgan fingerprint density at radius 1 is 1.19 bits per heavy atom. The van der Waals surface area contributed by atoms with Gasteiger partial charge in [-0.05, 0) is 58.0 Å². The third-order valence-corrected chi connectivity index (χ3v) is 4.12. The molecule has 1 fully saturated rings. The number of rotatable bonds is 3. The fraction of sp³-hybridized carbons (Fsp3) is 0.450. The second-order valence-electron chi connectivity index (χ2n) is 7.54. The largest absolute Gasteiger partial charge is 0.444 e. The van der Waals surface area contributed by atoms with Crippen molar-refractivity contribution in [1.29, 1.82) is 0 Å². The van der Waals surface area contributed by atoms with E-state index in [9.17, 15) is 14.4 Å². The summed E-state index contributed by atoms with van der Waals surface area (Å²) in [5.41, 5.74) is 0.583. The van der Waals surface area contributed by atoms with Gasteiger partial charge in [-0.25, -0.2) is 4.79 Å². The number of carbonyl (C=O) groups is 3. The molecule has 7 nitrogen and oxygen atoms in total. The Morgan fingerprint density at radius 3 is 2.33 bits per heavy atom. The molecule has 1 aliphatic rings. The number of amides is 3. The van der Waals surface area contributed by atoms with Gasteiger partial charge in [-0.15, -0.1) is 0 Å². The summed E-state index contributed by atoms with van der Waals surface area (Å²) in [7, 11) is 0. The van der Waals surface area contributed by atoms with Crippen molar-refractivity contribution in [3.8, 4) is 0 Å². The normalized spacial score (nSPS) is 17.3. The zero-order valence-corrected chi connectivity index (χ0v) is 16.3. The van der Waals surface area contributed by atoms with Crippen LogP contribution in [0.15, 0.2) is 36.9 Å². The molecule has 27 heavy (non-hydrogen) atoms. The quantitative estimate of drug-likeness (QED) is 0.827. The first kappa shape index (κ1) is 20.5. The Balaban J connectivity index is 1.99. The minimum Gasteiger partial charge on any atom is -0.444 e. The Bertz CT molecular complexity index is 722. The molecule has 3 amide bonds. The first-order valence-electron chi connectivity index (χ1n) is 8.93. The zero-order chi connectivity index (χ0) is 20.2. The smallest absolute Gasteiger partial charge is 0.410 e. The maximum atomic E-state index is 12.8. The molecule has 1 saturated heterocycles. The molecule has 1 atom stereocenters. The third kappa shape index (κ3) is 5.57. The summed E-state index contributed by atoms with van der Waals surface area (Å²) in [6, 6.07) is 6.58. The van der Waals surface area contributed by atoms with E-state index in [1.54, 1.807) is 34.1 Å². The molecule has 1 aromatic rings. The molecule has 2 rings (SSSR count). The van der Waals surface area contributed by atoms with E-state index < -0.39 is 5.60 Å². The summed E-state index contributed by atoms with van der Waals surface area (Å²) >= 11 is 0. The number of piperazine rings is 1. The summed E-state index contributed by atoms with van der Waals surface area (Å²) in [5.74, 6) is -0.408. The van der Waals surface area contributed by atoms with Crippen LogP contribution in [-0.4, -0.2) is 59.0 Å². The first-order chi connectivity index (χ1) is 12.6. The molecule has 1 aliphatic heterocycles. The highest BCUT2D eigenvalue weighted by molar-refractivity contribution is 5.99. The Labute approximate surface area is 160 Å². The van der Waals surface area contributed by atoms with Crippen molar-refractivity contribution < 1.29 is 19.1 Å². The number of hydrogen-bond donors (Lipinski definition) is 1. The standard InChI is InChI=1S/C20H27N3O4/c1-6-17(24)21-16-9-7-15(8-10-16)18(25)23-12-11-22(13-14(23)2)19(26)27-20(3,4)5/h6-10,14H,1,11-13H2,2-5H3,(H,21,24)/t14-/m1/s1. The van der Waals surface area contributed by atoms with Crippen LogP contribution in [-0.2, 0) is 9.53 Å². The zero-order valence-electron chi connectivity index (χ0n) is 16.3. The highest BCUT2D eigenvalue weighted by atomic mass is 16.6. The van der Waals surface area contributed by atoms with Crippen LogP contribution in [0.25, 0.3) is 0 Å². The highest BCUT2D eigenvalue weighted by Crippen LogP contribution is 2.18. The van der Waals surface area contributed by atoms with Crippen molar-refractivity contribution in [1.82, 2.24) is 9.80 Å².